The molecule has 1 aromatic rings. The van der Waals surface area contributed by atoms with Crippen LogP contribution >= 0.6 is 11.6 Å². The predicted octanol–water partition coefficient (Wildman–Crippen LogP) is 1.79. The summed E-state index contributed by atoms with van der Waals surface area (Å²) in [7, 11) is 0. The Morgan fingerprint density at radius 1 is 1.33 bits per heavy atom. The molecule has 114 valence electrons. The third kappa shape index (κ3) is 3.60. The van der Waals surface area contributed by atoms with Gasteiger partial charge in [-0.3, -0.25) is 4.79 Å². The molecule has 2 amide bonds. The highest BCUT2D eigenvalue weighted by atomic mass is 35.5. The van der Waals surface area contributed by atoms with Crippen LogP contribution in [0.1, 0.15) is 17.3 Å². The summed E-state index contributed by atoms with van der Waals surface area (Å²) in [6.45, 7) is 3.45. The predicted molar refractivity (Wildman–Crippen MR) is 73.7 cm³/mol. The number of ether oxygens (including phenoxy) is 1. The van der Waals surface area contributed by atoms with Gasteiger partial charge in [-0.2, -0.15) is 0 Å². The van der Waals surface area contributed by atoms with Gasteiger partial charge < -0.3 is 14.5 Å². The summed E-state index contributed by atoms with van der Waals surface area (Å²) in [5, 5.41) is -0.0331. The molecule has 1 fully saturated rings. The first-order valence-electron chi connectivity index (χ1n) is 6.55. The lowest BCUT2D eigenvalue weighted by atomic mass is 10.2. The van der Waals surface area contributed by atoms with Gasteiger partial charge in [-0.15, -0.1) is 0 Å². The Hall–Kier alpha value is -1.89. The number of aromatic nitrogens is 1. The van der Waals surface area contributed by atoms with E-state index in [9.17, 15) is 14.0 Å². The molecule has 2 rings (SSSR count). The van der Waals surface area contributed by atoms with Crippen molar-refractivity contribution in [1.82, 2.24) is 14.8 Å². The number of hydrogen-bond donors (Lipinski definition) is 0. The van der Waals surface area contributed by atoms with Gasteiger partial charge in [0.05, 0.1) is 18.4 Å². The second-order valence-corrected chi connectivity index (χ2v) is 4.83. The van der Waals surface area contributed by atoms with E-state index in [-0.39, 0.29) is 10.7 Å². The number of rotatable bonds is 2. The normalized spacial score (nSPS) is 15.0. The molecule has 1 aliphatic heterocycles. The molecular weight excluding hydrogens is 301 g/mol. The van der Waals surface area contributed by atoms with E-state index in [0.717, 1.165) is 12.3 Å². The Morgan fingerprint density at radius 2 is 1.95 bits per heavy atom. The fourth-order valence-electron chi connectivity index (χ4n) is 2.05. The van der Waals surface area contributed by atoms with Gasteiger partial charge in [0.25, 0.3) is 5.91 Å². The average Bonchev–Trinajstić information content (AvgIpc) is 2.49. The molecular formula is C13H15ClFN3O3. The van der Waals surface area contributed by atoms with Gasteiger partial charge in [-0.1, -0.05) is 11.6 Å². The number of hydrogen-bond acceptors (Lipinski definition) is 4. The molecule has 0 unspecified atom stereocenters. The van der Waals surface area contributed by atoms with Crippen LogP contribution < -0.4 is 0 Å². The third-order valence-electron chi connectivity index (χ3n) is 3.13. The van der Waals surface area contributed by atoms with Crippen molar-refractivity contribution in [2.45, 2.75) is 6.92 Å². The molecule has 0 saturated carbocycles. The first kappa shape index (κ1) is 15.5. The number of nitrogens with zero attached hydrogens (tertiary/aromatic N) is 3. The number of pyridine rings is 1. The summed E-state index contributed by atoms with van der Waals surface area (Å²) in [5.74, 6) is -1.01. The van der Waals surface area contributed by atoms with Crippen molar-refractivity contribution in [3.8, 4) is 0 Å². The lowest BCUT2D eigenvalue weighted by Gasteiger charge is -2.34. The van der Waals surface area contributed by atoms with E-state index < -0.39 is 17.8 Å². The largest absolute Gasteiger partial charge is 0.450 e. The number of halogens is 2. The summed E-state index contributed by atoms with van der Waals surface area (Å²) < 4.78 is 18.1. The highest BCUT2D eigenvalue weighted by Crippen LogP contribution is 2.17. The smallest absolute Gasteiger partial charge is 0.409 e. The van der Waals surface area contributed by atoms with E-state index in [0.29, 0.717) is 32.8 Å². The molecule has 1 saturated heterocycles. The molecule has 6 nitrogen and oxygen atoms in total. The molecule has 2 heterocycles. The number of carbonyl (C=O) groups is 2. The van der Waals surface area contributed by atoms with Gasteiger partial charge in [0.15, 0.2) is 0 Å². The molecule has 1 aromatic heterocycles. The number of piperazine rings is 1. The van der Waals surface area contributed by atoms with Crippen LogP contribution in [0, 0.1) is 5.82 Å². The zero-order valence-corrected chi connectivity index (χ0v) is 12.3. The highest BCUT2D eigenvalue weighted by Gasteiger charge is 2.27. The van der Waals surface area contributed by atoms with E-state index in [1.165, 1.54) is 9.80 Å². The van der Waals surface area contributed by atoms with Crippen LogP contribution in [-0.4, -0.2) is 59.6 Å². The van der Waals surface area contributed by atoms with Gasteiger partial charge in [-0.05, 0) is 13.0 Å². The van der Waals surface area contributed by atoms with E-state index in [1.54, 1.807) is 6.92 Å². The SMILES string of the molecule is CCOC(=O)N1CCN(C(=O)c2cc(F)cnc2Cl)CC1. The maximum absolute atomic E-state index is 13.2. The van der Waals surface area contributed by atoms with Gasteiger partial charge in [0, 0.05) is 26.2 Å². The van der Waals surface area contributed by atoms with Gasteiger partial charge >= 0.3 is 6.09 Å². The lowest BCUT2D eigenvalue weighted by Crippen LogP contribution is -2.50. The van der Waals surface area contributed by atoms with Crippen LogP contribution in [0.2, 0.25) is 5.15 Å². The van der Waals surface area contributed by atoms with E-state index >= 15 is 0 Å². The molecule has 1 aliphatic rings. The summed E-state index contributed by atoms with van der Waals surface area (Å²) >= 11 is 5.82. The zero-order chi connectivity index (χ0) is 15.4. The standard InChI is InChI=1S/C13H15ClFN3O3/c1-2-21-13(20)18-5-3-17(4-6-18)12(19)10-7-9(15)8-16-11(10)14/h7-8H,2-6H2,1H3. The van der Waals surface area contributed by atoms with Gasteiger partial charge in [-0.25, -0.2) is 14.2 Å². The van der Waals surface area contributed by atoms with Crippen molar-refractivity contribution in [2.75, 3.05) is 32.8 Å². The van der Waals surface area contributed by atoms with Crippen molar-refractivity contribution < 1.29 is 18.7 Å². The molecule has 0 aromatic carbocycles. The van der Waals surface area contributed by atoms with Crippen LogP contribution in [0.5, 0.6) is 0 Å². The maximum atomic E-state index is 13.2. The molecule has 0 aliphatic carbocycles. The number of carbonyl (C=O) groups excluding carboxylic acids is 2. The zero-order valence-electron chi connectivity index (χ0n) is 11.5. The van der Waals surface area contributed by atoms with E-state index in [1.807, 2.05) is 0 Å². The summed E-state index contributed by atoms with van der Waals surface area (Å²) in [5.41, 5.74) is 0.0289. The minimum Gasteiger partial charge on any atom is -0.450 e. The second-order valence-electron chi connectivity index (χ2n) is 4.47. The fourth-order valence-corrected chi connectivity index (χ4v) is 2.23. The molecule has 0 radical (unpaired) electrons. The summed E-state index contributed by atoms with van der Waals surface area (Å²) in [6, 6.07) is 1.06. The van der Waals surface area contributed by atoms with Crippen LogP contribution in [0.25, 0.3) is 0 Å². The van der Waals surface area contributed by atoms with Crippen molar-refractivity contribution in [1.29, 1.82) is 0 Å². The molecule has 8 heteroatoms. The first-order chi connectivity index (χ1) is 10.0. The molecule has 0 bridgehead atoms. The van der Waals surface area contributed by atoms with E-state index in [2.05, 4.69) is 4.98 Å². The van der Waals surface area contributed by atoms with Crippen LogP contribution in [0.15, 0.2) is 12.3 Å². The van der Waals surface area contributed by atoms with Gasteiger partial charge in [0.1, 0.15) is 11.0 Å². The lowest BCUT2D eigenvalue weighted by molar-refractivity contribution is 0.0570. The third-order valence-corrected chi connectivity index (χ3v) is 3.43. The van der Waals surface area contributed by atoms with Crippen molar-refractivity contribution >= 4 is 23.6 Å². The Morgan fingerprint density at radius 3 is 2.57 bits per heavy atom. The Kier molecular flexibility index (Phi) is 4.95. The minimum absolute atomic E-state index is 0.0289. The second kappa shape index (κ2) is 6.71. The van der Waals surface area contributed by atoms with Crippen molar-refractivity contribution in [3.63, 3.8) is 0 Å². The van der Waals surface area contributed by atoms with Crippen LogP contribution in [0.4, 0.5) is 9.18 Å². The topological polar surface area (TPSA) is 62.7 Å². The van der Waals surface area contributed by atoms with E-state index in [4.69, 9.17) is 16.3 Å². The summed E-state index contributed by atoms with van der Waals surface area (Å²) in [4.78, 5) is 30.5. The van der Waals surface area contributed by atoms with Crippen molar-refractivity contribution in [3.05, 3.63) is 28.8 Å². The average molecular weight is 316 g/mol. The van der Waals surface area contributed by atoms with Crippen molar-refractivity contribution in [2.24, 2.45) is 0 Å². The molecule has 21 heavy (non-hydrogen) atoms. The number of amides is 2. The first-order valence-corrected chi connectivity index (χ1v) is 6.92. The fraction of sp³-hybridized carbons (Fsp3) is 0.462. The maximum Gasteiger partial charge on any atom is 0.409 e. The molecule has 0 N–H and O–H groups in total. The van der Waals surface area contributed by atoms with Crippen LogP contribution in [-0.2, 0) is 4.74 Å². The minimum atomic E-state index is -0.618. The highest BCUT2D eigenvalue weighted by molar-refractivity contribution is 6.32. The quantitative estimate of drug-likeness (QED) is 0.781. The molecule has 0 spiro atoms. The summed E-state index contributed by atoms with van der Waals surface area (Å²) in [6.07, 6.45) is 0.563. The van der Waals surface area contributed by atoms with Crippen LogP contribution in [0.3, 0.4) is 0 Å². The van der Waals surface area contributed by atoms with Gasteiger partial charge in [0.2, 0.25) is 0 Å². The monoisotopic (exact) mass is 315 g/mol. The Balaban J connectivity index is 2.00. The Labute approximate surface area is 126 Å². The Bertz CT molecular complexity index is 547. The molecule has 0 atom stereocenters.